The van der Waals surface area contributed by atoms with E-state index in [1.54, 1.807) is 11.9 Å². The summed E-state index contributed by atoms with van der Waals surface area (Å²) in [7, 11) is 1.68. The fourth-order valence-electron chi connectivity index (χ4n) is 2.28. The fourth-order valence-corrected chi connectivity index (χ4v) is 3.34. The third-order valence-electron chi connectivity index (χ3n) is 3.53. The first-order valence-electron chi connectivity index (χ1n) is 6.28. The van der Waals surface area contributed by atoms with E-state index in [1.165, 1.54) is 18.2 Å². The van der Waals surface area contributed by atoms with Crippen LogP contribution in [0.2, 0.25) is 0 Å². The topological polar surface area (TPSA) is 20.3 Å². The van der Waals surface area contributed by atoms with E-state index < -0.39 is 11.6 Å². The Bertz CT molecular complexity index is 454. The van der Waals surface area contributed by atoms with E-state index in [2.05, 4.69) is 15.9 Å². The van der Waals surface area contributed by atoms with Gasteiger partial charge >= 0.3 is 0 Å². The number of hydrogen-bond acceptors (Lipinski definition) is 1. The van der Waals surface area contributed by atoms with Crippen LogP contribution in [0.1, 0.15) is 18.4 Å². The van der Waals surface area contributed by atoms with Gasteiger partial charge in [0.2, 0.25) is 5.91 Å². The number of carbonyl (C=O) groups is 1. The van der Waals surface area contributed by atoms with Crippen LogP contribution in [0.25, 0.3) is 0 Å². The summed E-state index contributed by atoms with van der Waals surface area (Å²) in [6.45, 7) is 0.650. The molecular weight excluding hydrogens is 316 g/mol. The van der Waals surface area contributed by atoms with E-state index in [0.717, 1.165) is 12.8 Å². The van der Waals surface area contributed by atoms with Gasteiger partial charge in [-0.15, -0.1) is 0 Å². The molecule has 0 N–H and O–H groups in total. The lowest BCUT2D eigenvalue weighted by atomic mass is 9.85. The third kappa shape index (κ3) is 3.53. The summed E-state index contributed by atoms with van der Waals surface area (Å²) in [5, 5.41) is 0. The van der Waals surface area contributed by atoms with E-state index in [9.17, 15) is 13.6 Å². The minimum atomic E-state index is -0.661. The van der Waals surface area contributed by atoms with Crippen molar-refractivity contribution in [2.45, 2.75) is 24.1 Å². The average molecular weight is 332 g/mol. The molecule has 0 atom stereocenters. The van der Waals surface area contributed by atoms with Crippen LogP contribution in [0.4, 0.5) is 8.78 Å². The second-order valence-electron chi connectivity index (χ2n) is 5.09. The summed E-state index contributed by atoms with van der Waals surface area (Å²) in [5.74, 6) is -1.08. The van der Waals surface area contributed by atoms with Gasteiger partial charge < -0.3 is 4.90 Å². The van der Waals surface area contributed by atoms with Gasteiger partial charge in [-0.1, -0.05) is 22.0 Å². The molecule has 2 rings (SSSR count). The molecule has 0 bridgehead atoms. The Balaban J connectivity index is 1.93. The number of carbonyl (C=O) groups excluding carboxylic acids is 1. The lowest BCUT2D eigenvalue weighted by molar-refractivity contribution is -0.130. The Morgan fingerprint density at radius 2 is 1.95 bits per heavy atom. The van der Waals surface area contributed by atoms with E-state index in [4.69, 9.17) is 0 Å². The molecule has 1 saturated carbocycles. The molecule has 1 aromatic rings. The van der Waals surface area contributed by atoms with Crippen LogP contribution in [0.15, 0.2) is 18.2 Å². The SMILES string of the molecule is CN(CC1CC(Br)C1)C(=O)Cc1c(F)cccc1F. The number of hydrogen-bond donors (Lipinski definition) is 0. The standard InChI is InChI=1S/C14H16BrF2NO/c1-18(8-9-5-10(15)6-9)14(19)7-11-12(16)3-2-4-13(11)17/h2-4,9-10H,5-8H2,1H3. The molecule has 1 fully saturated rings. The molecule has 1 aromatic carbocycles. The Hall–Kier alpha value is -0.970. The Morgan fingerprint density at radius 3 is 2.47 bits per heavy atom. The Labute approximate surface area is 119 Å². The normalized spacial score (nSPS) is 21.9. The first-order valence-corrected chi connectivity index (χ1v) is 7.20. The van der Waals surface area contributed by atoms with Crippen molar-refractivity contribution in [1.29, 1.82) is 0 Å². The monoisotopic (exact) mass is 331 g/mol. The zero-order valence-corrected chi connectivity index (χ0v) is 12.3. The number of likely N-dealkylation sites (N-methyl/N-ethyl adjacent to an activating group) is 1. The molecular formula is C14H16BrF2NO. The van der Waals surface area contributed by atoms with Crippen LogP contribution in [0.3, 0.4) is 0 Å². The number of nitrogens with zero attached hydrogens (tertiary/aromatic N) is 1. The zero-order chi connectivity index (χ0) is 14.0. The maximum atomic E-state index is 13.4. The quantitative estimate of drug-likeness (QED) is 0.776. The van der Waals surface area contributed by atoms with Gasteiger partial charge in [0.15, 0.2) is 0 Å². The largest absolute Gasteiger partial charge is 0.345 e. The maximum absolute atomic E-state index is 13.4. The molecule has 1 amide bonds. The second kappa shape index (κ2) is 5.99. The molecule has 0 saturated heterocycles. The predicted molar refractivity (Wildman–Crippen MR) is 73.1 cm³/mol. The summed E-state index contributed by atoms with van der Waals surface area (Å²) in [5.41, 5.74) is -0.147. The third-order valence-corrected chi connectivity index (χ3v) is 4.27. The Kier molecular flexibility index (Phi) is 4.55. The van der Waals surface area contributed by atoms with Crippen molar-refractivity contribution in [3.8, 4) is 0 Å². The van der Waals surface area contributed by atoms with Crippen molar-refractivity contribution in [3.05, 3.63) is 35.4 Å². The molecule has 0 aromatic heterocycles. The van der Waals surface area contributed by atoms with Crippen molar-refractivity contribution in [2.75, 3.05) is 13.6 Å². The molecule has 2 nitrogen and oxygen atoms in total. The zero-order valence-electron chi connectivity index (χ0n) is 10.7. The van der Waals surface area contributed by atoms with Crippen LogP contribution in [0.5, 0.6) is 0 Å². The van der Waals surface area contributed by atoms with E-state index in [-0.39, 0.29) is 17.9 Å². The van der Waals surface area contributed by atoms with Gasteiger partial charge in [-0.25, -0.2) is 8.78 Å². The van der Waals surface area contributed by atoms with Crippen molar-refractivity contribution in [3.63, 3.8) is 0 Å². The maximum Gasteiger partial charge on any atom is 0.226 e. The highest BCUT2D eigenvalue weighted by atomic mass is 79.9. The van der Waals surface area contributed by atoms with Crippen molar-refractivity contribution >= 4 is 21.8 Å². The van der Waals surface area contributed by atoms with Crippen molar-refractivity contribution in [2.24, 2.45) is 5.92 Å². The average Bonchev–Trinajstić information content (AvgIpc) is 2.31. The van der Waals surface area contributed by atoms with Crippen LogP contribution in [-0.4, -0.2) is 29.2 Å². The van der Waals surface area contributed by atoms with Gasteiger partial charge in [-0.05, 0) is 30.9 Å². The minimum absolute atomic E-state index is 0.147. The van der Waals surface area contributed by atoms with Crippen LogP contribution < -0.4 is 0 Å². The highest BCUT2D eigenvalue weighted by Gasteiger charge is 2.29. The van der Waals surface area contributed by atoms with Gasteiger partial charge in [0, 0.05) is 24.0 Å². The van der Waals surface area contributed by atoms with Crippen LogP contribution in [-0.2, 0) is 11.2 Å². The molecule has 0 unspecified atom stereocenters. The van der Waals surface area contributed by atoms with E-state index in [0.29, 0.717) is 17.3 Å². The van der Waals surface area contributed by atoms with Crippen LogP contribution in [0, 0.1) is 17.6 Å². The summed E-state index contributed by atoms with van der Waals surface area (Å²) in [6.07, 6.45) is 1.87. The van der Waals surface area contributed by atoms with Crippen LogP contribution >= 0.6 is 15.9 Å². The highest BCUT2D eigenvalue weighted by Crippen LogP contribution is 2.33. The molecule has 0 heterocycles. The molecule has 1 aliphatic carbocycles. The van der Waals surface area contributed by atoms with Crippen molar-refractivity contribution in [1.82, 2.24) is 4.90 Å². The molecule has 1 aliphatic rings. The molecule has 0 radical (unpaired) electrons. The van der Waals surface area contributed by atoms with E-state index in [1.807, 2.05) is 0 Å². The molecule has 5 heteroatoms. The van der Waals surface area contributed by atoms with Crippen molar-refractivity contribution < 1.29 is 13.6 Å². The lowest BCUT2D eigenvalue weighted by Gasteiger charge is -2.34. The highest BCUT2D eigenvalue weighted by molar-refractivity contribution is 9.09. The van der Waals surface area contributed by atoms with Gasteiger partial charge in [-0.2, -0.15) is 0 Å². The number of halogens is 3. The van der Waals surface area contributed by atoms with Gasteiger partial charge in [0.05, 0.1) is 6.42 Å². The molecule has 104 valence electrons. The summed E-state index contributed by atoms with van der Waals surface area (Å²) in [4.78, 5) is 14.1. The van der Waals surface area contributed by atoms with Gasteiger partial charge in [0.1, 0.15) is 11.6 Å². The van der Waals surface area contributed by atoms with E-state index >= 15 is 0 Å². The fraction of sp³-hybridized carbons (Fsp3) is 0.500. The van der Waals surface area contributed by atoms with Gasteiger partial charge in [-0.3, -0.25) is 4.79 Å². The van der Waals surface area contributed by atoms with Gasteiger partial charge in [0.25, 0.3) is 0 Å². The lowest BCUT2D eigenvalue weighted by Crippen LogP contribution is -2.38. The first kappa shape index (κ1) is 14.4. The summed E-state index contributed by atoms with van der Waals surface area (Å²) >= 11 is 3.50. The molecule has 0 spiro atoms. The first-order chi connectivity index (χ1) is 8.97. The smallest absolute Gasteiger partial charge is 0.226 e. The molecule has 0 aliphatic heterocycles. The summed E-state index contributed by atoms with van der Waals surface area (Å²) in [6, 6.07) is 3.65. The summed E-state index contributed by atoms with van der Waals surface area (Å²) < 4.78 is 26.9. The molecule has 19 heavy (non-hydrogen) atoms. The predicted octanol–water partition coefficient (Wildman–Crippen LogP) is 3.14. The number of rotatable bonds is 4. The Morgan fingerprint density at radius 1 is 1.37 bits per heavy atom. The number of amides is 1. The minimum Gasteiger partial charge on any atom is -0.345 e. The second-order valence-corrected chi connectivity index (χ2v) is 6.38. The number of alkyl halides is 1. The number of benzene rings is 1.